The maximum Gasteiger partial charge on any atom is 0.191 e. The summed E-state index contributed by atoms with van der Waals surface area (Å²) in [5.41, 5.74) is 0. The summed E-state index contributed by atoms with van der Waals surface area (Å²) in [4.78, 5) is 5.68. The fourth-order valence-electron chi connectivity index (χ4n) is 1.52. The molecule has 0 spiro atoms. The van der Waals surface area contributed by atoms with Gasteiger partial charge >= 0.3 is 0 Å². The molecule has 2 heterocycles. The van der Waals surface area contributed by atoms with E-state index < -0.39 is 0 Å². The lowest BCUT2D eigenvalue weighted by molar-refractivity contribution is 0.648. The van der Waals surface area contributed by atoms with Crippen molar-refractivity contribution in [1.29, 1.82) is 0 Å². The third-order valence-electron chi connectivity index (χ3n) is 2.37. The standard InChI is InChI=1S/C11H16N4S/c1-3-12-7-6-10-13-11(14-15(10)2)9-5-4-8-16-9/h4-5,8,12H,3,6-7H2,1-2H3. The van der Waals surface area contributed by atoms with Crippen LogP contribution in [0.1, 0.15) is 12.7 Å². The molecule has 0 saturated carbocycles. The monoisotopic (exact) mass is 236 g/mol. The highest BCUT2D eigenvalue weighted by Gasteiger charge is 2.09. The fraction of sp³-hybridized carbons (Fsp3) is 0.455. The molecule has 4 nitrogen and oxygen atoms in total. The molecule has 0 fully saturated rings. The van der Waals surface area contributed by atoms with Crippen LogP contribution in [0, 0.1) is 0 Å². The maximum atomic E-state index is 4.55. The van der Waals surface area contributed by atoms with E-state index in [0.717, 1.165) is 36.0 Å². The SMILES string of the molecule is CCNCCc1nc(-c2cccs2)nn1C. The molecule has 0 aliphatic rings. The molecule has 0 radical (unpaired) electrons. The molecule has 0 saturated heterocycles. The molecular weight excluding hydrogens is 220 g/mol. The number of rotatable bonds is 5. The molecular formula is C11H16N4S. The van der Waals surface area contributed by atoms with E-state index in [1.54, 1.807) is 11.3 Å². The van der Waals surface area contributed by atoms with Crippen LogP contribution in [0.3, 0.4) is 0 Å². The number of nitrogens with one attached hydrogen (secondary N) is 1. The van der Waals surface area contributed by atoms with Gasteiger partial charge in [-0.3, -0.25) is 4.68 Å². The lowest BCUT2D eigenvalue weighted by Gasteiger charge is -1.99. The Morgan fingerprint density at radius 1 is 1.50 bits per heavy atom. The van der Waals surface area contributed by atoms with E-state index in [9.17, 15) is 0 Å². The molecule has 5 heteroatoms. The van der Waals surface area contributed by atoms with Crippen LogP contribution in [0.15, 0.2) is 17.5 Å². The lowest BCUT2D eigenvalue weighted by Crippen LogP contribution is -2.17. The van der Waals surface area contributed by atoms with Crippen molar-refractivity contribution in [2.45, 2.75) is 13.3 Å². The number of likely N-dealkylation sites (N-methyl/N-ethyl adjacent to an activating group) is 1. The van der Waals surface area contributed by atoms with Crippen molar-refractivity contribution < 1.29 is 0 Å². The normalized spacial score (nSPS) is 10.9. The summed E-state index contributed by atoms with van der Waals surface area (Å²) >= 11 is 1.67. The number of hydrogen-bond acceptors (Lipinski definition) is 4. The molecule has 0 aliphatic heterocycles. The van der Waals surface area contributed by atoms with Crippen molar-refractivity contribution in [2.75, 3.05) is 13.1 Å². The van der Waals surface area contributed by atoms with Crippen molar-refractivity contribution in [3.63, 3.8) is 0 Å². The van der Waals surface area contributed by atoms with Gasteiger partial charge in [-0.15, -0.1) is 11.3 Å². The minimum atomic E-state index is 0.837. The molecule has 0 aromatic carbocycles. The average molecular weight is 236 g/mol. The first-order valence-corrected chi connectivity index (χ1v) is 6.33. The van der Waals surface area contributed by atoms with Gasteiger partial charge in [-0.25, -0.2) is 4.98 Å². The third kappa shape index (κ3) is 2.48. The zero-order chi connectivity index (χ0) is 11.4. The number of thiophene rings is 1. The van der Waals surface area contributed by atoms with Crippen LogP contribution in [0.25, 0.3) is 10.7 Å². The van der Waals surface area contributed by atoms with Gasteiger partial charge < -0.3 is 5.32 Å². The first kappa shape index (κ1) is 11.3. The van der Waals surface area contributed by atoms with Crippen LogP contribution in [0.4, 0.5) is 0 Å². The molecule has 0 bridgehead atoms. The lowest BCUT2D eigenvalue weighted by atomic mass is 10.4. The Kier molecular flexibility index (Phi) is 3.69. The van der Waals surface area contributed by atoms with Crippen molar-refractivity contribution in [3.05, 3.63) is 23.3 Å². The summed E-state index contributed by atoms with van der Waals surface area (Å²) in [6, 6.07) is 4.07. The summed E-state index contributed by atoms with van der Waals surface area (Å²) < 4.78 is 1.87. The highest BCUT2D eigenvalue weighted by molar-refractivity contribution is 7.13. The predicted molar refractivity (Wildman–Crippen MR) is 66.6 cm³/mol. The Hall–Kier alpha value is -1.20. The smallest absolute Gasteiger partial charge is 0.191 e. The molecule has 2 aromatic heterocycles. The highest BCUT2D eigenvalue weighted by Crippen LogP contribution is 2.20. The van der Waals surface area contributed by atoms with Crippen LogP contribution < -0.4 is 5.32 Å². The minimum Gasteiger partial charge on any atom is -0.317 e. The van der Waals surface area contributed by atoms with E-state index in [0.29, 0.717) is 0 Å². The second kappa shape index (κ2) is 5.23. The van der Waals surface area contributed by atoms with Gasteiger partial charge in [0.2, 0.25) is 0 Å². The third-order valence-corrected chi connectivity index (χ3v) is 3.24. The molecule has 16 heavy (non-hydrogen) atoms. The average Bonchev–Trinajstić information content (AvgIpc) is 2.88. The zero-order valence-electron chi connectivity index (χ0n) is 9.60. The molecule has 0 atom stereocenters. The van der Waals surface area contributed by atoms with Gasteiger partial charge in [-0.05, 0) is 18.0 Å². The minimum absolute atomic E-state index is 0.837. The quantitative estimate of drug-likeness (QED) is 0.803. The Balaban J connectivity index is 2.10. The van der Waals surface area contributed by atoms with Gasteiger partial charge in [0.15, 0.2) is 5.82 Å². The Morgan fingerprint density at radius 3 is 3.06 bits per heavy atom. The molecule has 0 amide bonds. The van der Waals surface area contributed by atoms with Crippen LogP contribution in [-0.2, 0) is 13.5 Å². The van der Waals surface area contributed by atoms with Gasteiger partial charge in [-0.2, -0.15) is 5.10 Å². The van der Waals surface area contributed by atoms with Crippen molar-refractivity contribution in [3.8, 4) is 10.7 Å². The van der Waals surface area contributed by atoms with E-state index in [-0.39, 0.29) is 0 Å². The van der Waals surface area contributed by atoms with Gasteiger partial charge in [0.1, 0.15) is 5.82 Å². The summed E-state index contributed by atoms with van der Waals surface area (Å²) in [7, 11) is 1.95. The van der Waals surface area contributed by atoms with Crippen LogP contribution in [-0.4, -0.2) is 27.9 Å². The van der Waals surface area contributed by atoms with Crippen molar-refractivity contribution in [2.24, 2.45) is 7.05 Å². The van der Waals surface area contributed by atoms with E-state index >= 15 is 0 Å². The molecule has 1 N–H and O–H groups in total. The Bertz CT molecular complexity index is 433. The maximum absolute atomic E-state index is 4.55. The van der Waals surface area contributed by atoms with E-state index in [1.807, 2.05) is 29.2 Å². The largest absolute Gasteiger partial charge is 0.317 e. The number of aryl methyl sites for hydroxylation is 1. The summed E-state index contributed by atoms with van der Waals surface area (Å²) in [5.74, 6) is 1.87. The second-order valence-corrected chi connectivity index (χ2v) is 4.50. The summed E-state index contributed by atoms with van der Waals surface area (Å²) in [5, 5.41) is 9.76. The second-order valence-electron chi connectivity index (χ2n) is 3.56. The molecule has 0 unspecified atom stereocenters. The van der Waals surface area contributed by atoms with Gasteiger partial charge in [0.05, 0.1) is 4.88 Å². The number of hydrogen-bond donors (Lipinski definition) is 1. The van der Waals surface area contributed by atoms with Gasteiger partial charge in [0.25, 0.3) is 0 Å². The predicted octanol–water partition coefficient (Wildman–Crippen LogP) is 1.70. The topological polar surface area (TPSA) is 42.7 Å². The molecule has 2 aromatic rings. The first-order valence-electron chi connectivity index (χ1n) is 5.45. The van der Waals surface area contributed by atoms with Crippen LogP contribution >= 0.6 is 11.3 Å². The molecule has 86 valence electrons. The molecule has 2 rings (SSSR count). The van der Waals surface area contributed by atoms with Crippen LogP contribution in [0.5, 0.6) is 0 Å². The molecule has 0 aliphatic carbocycles. The number of aromatic nitrogens is 3. The highest BCUT2D eigenvalue weighted by atomic mass is 32.1. The van der Waals surface area contributed by atoms with Crippen molar-refractivity contribution in [1.82, 2.24) is 20.1 Å². The van der Waals surface area contributed by atoms with Gasteiger partial charge in [-0.1, -0.05) is 13.0 Å². The fourth-order valence-corrected chi connectivity index (χ4v) is 2.17. The van der Waals surface area contributed by atoms with E-state index in [1.165, 1.54) is 0 Å². The van der Waals surface area contributed by atoms with E-state index in [4.69, 9.17) is 0 Å². The Morgan fingerprint density at radius 2 is 2.38 bits per heavy atom. The zero-order valence-corrected chi connectivity index (χ0v) is 10.4. The summed E-state index contributed by atoms with van der Waals surface area (Å²) in [6.45, 7) is 4.05. The van der Waals surface area contributed by atoms with Crippen LogP contribution in [0.2, 0.25) is 0 Å². The Labute approximate surface area is 99.3 Å². The first-order chi connectivity index (χ1) is 7.81. The number of nitrogens with zero attached hydrogens (tertiary/aromatic N) is 3. The van der Waals surface area contributed by atoms with Crippen molar-refractivity contribution >= 4 is 11.3 Å². The van der Waals surface area contributed by atoms with E-state index in [2.05, 4.69) is 22.3 Å². The van der Waals surface area contributed by atoms with Gasteiger partial charge in [0, 0.05) is 20.0 Å². The summed E-state index contributed by atoms with van der Waals surface area (Å²) in [6.07, 6.45) is 0.919.